The zero-order valence-corrected chi connectivity index (χ0v) is 19.1. The molecule has 0 saturated carbocycles. The number of amides is 5. The first-order chi connectivity index (χ1) is 14.8. The first-order valence-corrected chi connectivity index (χ1v) is 11.1. The highest BCUT2D eigenvalue weighted by Gasteiger charge is 2.31. The Morgan fingerprint density at radius 3 is 1.69 bits per heavy atom. The average Bonchev–Trinajstić information content (AvgIpc) is 2.68. The molecule has 13 nitrogen and oxygen atoms in total. The first-order valence-electron chi connectivity index (χ1n) is 9.75. The van der Waals surface area contributed by atoms with Crippen molar-refractivity contribution in [3.05, 3.63) is 0 Å². The predicted octanol–water partition coefficient (Wildman–Crippen LogP) is -2.99. The number of carboxylic acid groups (broad SMARTS) is 1. The van der Waals surface area contributed by atoms with E-state index in [1.165, 1.54) is 11.8 Å². The maximum Gasteiger partial charge on any atom is 0.326 e. The van der Waals surface area contributed by atoms with E-state index in [1.54, 1.807) is 20.1 Å². The highest BCUT2D eigenvalue weighted by atomic mass is 32.2. The minimum absolute atomic E-state index is 0.189. The van der Waals surface area contributed by atoms with Gasteiger partial charge in [-0.1, -0.05) is 13.8 Å². The lowest BCUT2D eigenvalue weighted by atomic mass is 10.0. The van der Waals surface area contributed by atoms with Crippen molar-refractivity contribution >= 4 is 47.3 Å². The Kier molecular flexibility index (Phi) is 13.0. The van der Waals surface area contributed by atoms with Crippen LogP contribution in [-0.4, -0.2) is 76.8 Å². The van der Waals surface area contributed by atoms with Crippen LogP contribution in [0.5, 0.6) is 0 Å². The van der Waals surface area contributed by atoms with Crippen molar-refractivity contribution in [2.75, 3.05) is 12.0 Å². The lowest BCUT2D eigenvalue weighted by Crippen LogP contribution is -2.58. The number of aliphatic carboxylic acids is 1. The molecule has 0 aliphatic rings. The minimum Gasteiger partial charge on any atom is -0.480 e. The van der Waals surface area contributed by atoms with Gasteiger partial charge in [0.05, 0.1) is 18.9 Å². The maximum absolute atomic E-state index is 12.8. The summed E-state index contributed by atoms with van der Waals surface area (Å²) in [5, 5.41) is 16.0. The molecule has 10 N–H and O–H groups in total. The van der Waals surface area contributed by atoms with Crippen LogP contribution < -0.4 is 33.2 Å². The molecule has 4 unspecified atom stereocenters. The van der Waals surface area contributed by atoms with Gasteiger partial charge in [-0.25, -0.2) is 4.79 Å². The zero-order valence-electron chi connectivity index (χ0n) is 18.3. The van der Waals surface area contributed by atoms with Crippen LogP contribution in [0.25, 0.3) is 0 Å². The summed E-state index contributed by atoms with van der Waals surface area (Å²) in [7, 11) is 0. The molecule has 0 aromatic heterocycles. The quantitative estimate of drug-likeness (QED) is 0.127. The monoisotopic (exact) mass is 476 g/mol. The molecule has 0 aliphatic heterocycles. The number of hydrogen-bond acceptors (Lipinski definition) is 8. The lowest BCUT2D eigenvalue weighted by Gasteiger charge is -2.25. The Morgan fingerprint density at radius 2 is 1.25 bits per heavy atom. The third kappa shape index (κ3) is 10.9. The Bertz CT molecular complexity index is 718. The van der Waals surface area contributed by atoms with Gasteiger partial charge in [-0.05, 0) is 24.3 Å². The van der Waals surface area contributed by atoms with Gasteiger partial charge in [0.1, 0.15) is 18.1 Å². The fourth-order valence-corrected chi connectivity index (χ4v) is 2.90. The molecule has 0 radical (unpaired) electrons. The second-order valence-corrected chi connectivity index (χ2v) is 8.40. The number of carbonyl (C=O) groups excluding carboxylic acids is 5. The van der Waals surface area contributed by atoms with Gasteiger partial charge in [-0.3, -0.25) is 24.0 Å². The summed E-state index contributed by atoms with van der Waals surface area (Å²) >= 11 is 1.42. The van der Waals surface area contributed by atoms with Crippen molar-refractivity contribution in [2.24, 2.45) is 23.1 Å². The number of hydrogen-bond donors (Lipinski definition) is 7. The highest BCUT2D eigenvalue weighted by molar-refractivity contribution is 7.98. The Labute approximate surface area is 189 Å². The van der Waals surface area contributed by atoms with E-state index in [0.29, 0.717) is 5.75 Å². The van der Waals surface area contributed by atoms with Crippen LogP contribution in [0.15, 0.2) is 0 Å². The number of carboxylic acids is 1. The van der Waals surface area contributed by atoms with Gasteiger partial charge in [0.2, 0.25) is 29.5 Å². The van der Waals surface area contributed by atoms with Crippen LogP contribution in [0, 0.1) is 5.92 Å². The molecule has 0 aromatic rings. The van der Waals surface area contributed by atoms with Gasteiger partial charge in [0.25, 0.3) is 0 Å². The van der Waals surface area contributed by atoms with Crippen molar-refractivity contribution in [1.82, 2.24) is 16.0 Å². The summed E-state index contributed by atoms with van der Waals surface area (Å²) in [6, 6.07) is -5.14. The van der Waals surface area contributed by atoms with E-state index in [2.05, 4.69) is 10.6 Å². The maximum atomic E-state index is 12.8. The fraction of sp³-hybridized carbons (Fsp3) is 0.667. The molecule has 0 bridgehead atoms. The van der Waals surface area contributed by atoms with Gasteiger partial charge >= 0.3 is 5.97 Å². The van der Waals surface area contributed by atoms with Gasteiger partial charge in [-0.2, -0.15) is 11.8 Å². The number of primary amides is 2. The molecule has 0 aromatic carbocycles. The van der Waals surface area contributed by atoms with Crippen molar-refractivity contribution < 1.29 is 33.9 Å². The molecule has 5 amide bonds. The molecule has 0 aliphatic carbocycles. The van der Waals surface area contributed by atoms with E-state index in [4.69, 9.17) is 22.3 Å². The molecular weight excluding hydrogens is 444 g/mol. The second kappa shape index (κ2) is 14.2. The molecule has 14 heteroatoms. The summed E-state index contributed by atoms with van der Waals surface area (Å²) in [5.41, 5.74) is 15.9. The number of rotatable bonds is 15. The highest BCUT2D eigenvalue weighted by Crippen LogP contribution is 2.06. The number of thioether (sulfide) groups is 1. The molecule has 0 fully saturated rings. The van der Waals surface area contributed by atoms with E-state index >= 15 is 0 Å². The van der Waals surface area contributed by atoms with Crippen molar-refractivity contribution in [3.8, 4) is 0 Å². The van der Waals surface area contributed by atoms with Crippen molar-refractivity contribution in [3.63, 3.8) is 0 Å². The number of carbonyl (C=O) groups is 6. The van der Waals surface area contributed by atoms with E-state index in [1.807, 2.05) is 5.32 Å². The van der Waals surface area contributed by atoms with Gasteiger partial charge in [0.15, 0.2) is 0 Å². The standard InChI is InChI=1S/C18H32N6O7S/c1-8(2)14(21)17(29)22-9(4-5-32-3)15(27)23-10(6-12(19)25)16(28)24-11(18(30)31)7-13(20)26/h8-11,14H,4-7,21H2,1-3H3,(H2,19,25)(H2,20,26)(H,22,29)(H,23,27)(H,24,28)(H,30,31). The molecule has 0 rings (SSSR count). The number of nitrogens with two attached hydrogens (primary N) is 3. The third-order valence-electron chi connectivity index (χ3n) is 4.32. The summed E-state index contributed by atoms with van der Waals surface area (Å²) in [4.78, 5) is 71.2. The first kappa shape index (κ1) is 29.1. The molecular formula is C18H32N6O7S. The van der Waals surface area contributed by atoms with Crippen molar-refractivity contribution in [2.45, 2.75) is 57.3 Å². The summed E-state index contributed by atoms with van der Waals surface area (Å²) in [6.45, 7) is 3.47. The SMILES string of the molecule is CSCCC(NC(=O)C(N)C(C)C)C(=O)NC(CC(N)=O)C(=O)NC(CC(N)=O)C(=O)O. The van der Waals surface area contributed by atoms with Crippen LogP contribution in [-0.2, 0) is 28.8 Å². The molecule has 4 atom stereocenters. The summed E-state index contributed by atoms with van der Waals surface area (Å²) in [6.07, 6.45) is 0.658. The van der Waals surface area contributed by atoms with Crippen LogP contribution in [0.1, 0.15) is 33.1 Å². The van der Waals surface area contributed by atoms with Crippen molar-refractivity contribution in [1.29, 1.82) is 0 Å². The van der Waals surface area contributed by atoms with E-state index in [9.17, 15) is 28.8 Å². The largest absolute Gasteiger partial charge is 0.480 e. The summed E-state index contributed by atoms with van der Waals surface area (Å²) in [5.74, 6) is -5.56. The Morgan fingerprint density at radius 1 is 0.812 bits per heavy atom. The van der Waals surface area contributed by atoms with Crippen LogP contribution in [0.2, 0.25) is 0 Å². The van der Waals surface area contributed by atoms with Gasteiger partial charge in [0, 0.05) is 0 Å². The van der Waals surface area contributed by atoms with Gasteiger partial charge in [-0.15, -0.1) is 0 Å². The number of nitrogens with one attached hydrogen (secondary N) is 3. The Balaban J connectivity index is 5.51. The minimum atomic E-state index is -1.66. The van der Waals surface area contributed by atoms with Crippen LogP contribution >= 0.6 is 11.8 Å². The lowest BCUT2D eigenvalue weighted by molar-refractivity contribution is -0.144. The Hall–Kier alpha value is -2.87. The molecule has 32 heavy (non-hydrogen) atoms. The second-order valence-electron chi connectivity index (χ2n) is 7.41. The zero-order chi connectivity index (χ0) is 25.0. The van der Waals surface area contributed by atoms with E-state index < -0.39 is 72.5 Å². The normalized spacial score (nSPS) is 14.5. The van der Waals surface area contributed by atoms with Crippen LogP contribution in [0.4, 0.5) is 0 Å². The average molecular weight is 477 g/mol. The molecule has 0 spiro atoms. The smallest absolute Gasteiger partial charge is 0.326 e. The molecule has 0 heterocycles. The fourth-order valence-electron chi connectivity index (χ4n) is 2.43. The van der Waals surface area contributed by atoms with E-state index in [-0.39, 0.29) is 12.3 Å². The predicted molar refractivity (Wildman–Crippen MR) is 117 cm³/mol. The molecule has 0 saturated heterocycles. The van der Waals surface area contributed by atoms with Gasteiger partial charge < -0.3 is 38.3 Å². The third-order valence-corrected chi connectivity index (χ3v) is 4.97. The molecule has 182 valence electrons. The van der Waals surface area contributed by atoms with Crippen LogP contribution in [0.3, 0.4) is 0 Å². The topological polar surface area (TPSA) is 237 Å². The summed E-state index contributed by atoms with van der Waals surface area (Å²) < 4.78 is 0. The van der Waals surface area contributed by atoms with E-state index in [0.717, 1.165) is 0 Å².